The molecule has 3 rings (SSSR count). The predicted octanol–water partition coefficient (Wildman–Crippen LogP) is 4.32. The SMILES string of the molecule is CCOCc1ccccc1NCc1ccc2[nH]ccc2c1. The maximum absolute atomic E-state index is 5.52. The minimum Gasteiger partial charge on any atom is -0.381 e. The number of nitrogens with one attached hydrogen (secondary N) is 2. The smallest absolute Gasteiger partial charge is 0.0736 e. The molecular weight excluding hydrogens is 260 g/mol. The zero-order valence-corrected chi connectivity index (χ0v) is 12.2. The fraction of sp³-hybridized carbons (Fsp3) is 0.222. The molecule has 2 N–H and O–H groups in total. The molecule has 3 nitrogen and oxygen atoms in total. The first-order valence-electron chi connectivity index (χ1n) is 7.32. The summed E-state index contributed by atoms with van der Waals surface area (Å²) in [7, 11) is 0. The Kier molecular flexibility index (Phi) is 4.22. The fourth-order valence-corrected chi connectivity index (χ4v) is 2.44. The topological polar surface area (TPSA) is 37.0 Å². The minimum absolute atomic E-state index is 0.649. The maximum atomic E-state index is 5.52. The molecule has 0 saturated carbocycles. The number of benzene rings is 2. The Morgan fingerprint density at radius 3 is 2.90 bits per heavy atom. The van der Waals surface area contributed by atoms with E-state index in [0.717, 1.165) is 18.8 Å². The summed E-state index contributed by atoms with van der Waals surface area (Å²) < 4.78 is 5.52. The molecular formula is C18H20N2O. The van der Waals surface area contributed by atoms with Crippen molar-refractivity contribution in [2.75, 3.05) is 11.9 Å². The summed E-state index contributed by atoms with van der Waals surface area (Å²) in [5.74, 6) is 0. The molecule has 1 aromatic heterocycles. The number of para-hydroxylation sites is 1. The summed E-state index contributed by atoms with van der Waals surface area (Å²) in [6, 6.07) is 16.9. The van der Waals surface area contributed by atoms with Crippen molar-refractivity contribution in [3.63, 3.8) is 0 Å². The highest BCUT2D eigenvalue weighted by molar-refractivity contribution is 5.80. The van der Waals surface area contributed by atoms with E-state index in [9.17, 15) is 0 Å². The number of aromatic nitrogens is 1. The molecule has 0 aliphatic rings. The van der Waals surface area contributed by atoms with Gasteiger partial charge >= 0.3 is 0 Å². The molecule has 2 aromatic carbocycles. The van der Waals surface area contributed by atoms with Crippen LogP contribution in [0.25, 0.3) is 10.9 Å². The van der Waals surface area contributed by atoms with Crippen molar-refractivity contribution in [3.05, 3.63) is 65.9 Å². The van der Waals surface area contributed by atoms with Crippen LogP contribution in [-0.4, -0.2) is 11.6 Å². The van der Waals surface area contributed by atoms with Gasteiger partial charge in [0.15, 0.2) is 0 Å². The Hall–Kier alpha value is -2.26. The van der Waals surface area contributed by atoms with Crippen molar-refractivity contribution in [1.82, 2.24) is 4.98 Å². The monoisotopic (exact) mass is 280 g/mol. The molecule has 0 fully saturated rings. The van der Waals surface area contributed by atoms with Crippen LogP contribution in [0.2, 0.25) is 0 Å². The van der Waals surface area contributed by atoms with E-state index in [4.69, 9.17) is 4.74 Å². The Morgan fingerprint density at radius 2 is 2.00 bits per heavy atom. The van der Waals surface area contributed by atoms with E-state index in [-0.39, 0.29) is 0 Å². The van der Waals surface area contributed by atoms with Crippen molar-refractivity contribution < 1.29 is 4.74 Å². The number of fused-ring (bicyclic) bond motifs is 1. The molecule has 0 radical (unpaired) electrons. The predicted molar refractivity (Wildman–Crippen MR) is 87.4 cm³/mol. The quantitative estimate of drug-likeness (QED) is 0.705. The van der Waals surface area contributed by atoms with E-state index >= 15 is 0 Å². The molecule has 0 atom stereocenters. The van der Waals surface area contributed by atoms with Gasteiger partial charge in [-0.05, 0) is 42.1 Å². The van der Waals surface area contributed by atoms with E-state index < -0.39 is 0 Å². The van der Waals surface area contributed by atoms with E-state index in [1.807, 2.05) is 25.3 Å². The highest BCUT2D eigenvalue weighted by atomic mass is 16.5. The molecule has 0 aliphatic heterocycles. The number of hydrogen-bond donors (Lipinski definition) is 2. The van der Waals surface area contributed by atoms with E-state index in [1.165, 1.54) is 22.0 Å². The van der Waals surface area contributed by atoms with Crippen LogP contribution in [0.15, 0.2) is 54.7 Å². The summed E-state index contributed by atoms with van der Waals surface area (Å²) in [4.78, 5) is 3.22. The zero-order chi connectivity index (χ0) is 14.5. The van der Waals surface area contributed by atoms with Gasteiger partial charge in [-0.25, -0.2) is 0 Å². The van der Waals surface area contributed by atoms with Gasteiger partial charge in [-0.15, -0.1) is 0 Å². The first kappa shape index (κ1) is 13.7. The van der Waals surface area contributed by atoms with Crippen molar-refractivity contribution in [1.29, 1.82) is 0 Å². The highest BCUT2D eigenvalue weighted by Gasteiger charge is 2.02. The van der Waals surface area contributed by atoms with Gasteiger partial charge in [-0.2, -0.15) is 0 Å². The van der Waals surface area contributed by atoms with E-state index in [1.54, 1.807) is 0 Å². The molecule has 108 valence electrons. The highest BCUT2D eigenvalue weighted by Crippen LogP contribution is 2.19. The van der Waals surface area contributed by atoms with Crippen LogP contribution in [0.3, 0.4) is 0 Å². The van der Waals surface area contributed by atoms with Gasteiger partial charge in [0.2, 0.25) is 0 Å². The van der Waals surface area contributed by atoms with Crippen LogP contribution >= 0.6 is 0 Å². The van der Waals surface area contributed by atoms with Crippen molar-refractivity contribution in [2.45, 2.75) is 20.1 Å². The van der Waals surface area contributed by atoms with Crippen LogP contribution in [0, 0.1) is 0 Å². The van der Waals surface area contributed by atoms with E-state index in [2.05, 4.69) is 46.7 Å². The van der Waals surface area contributed by atoms with Crippen LogP contribution in [-0.2, 0) is 17.9 Å². The van der Waals surface area contributed by atoms with Crippen LogP contribution in [0.1, 0.15) is 18.1 Å². The van der Waals surface area contributed by atoms with Gasteiger partial charge < -0.3 is 15.0 Å². The molecule has 3 heteroatoms. The molecule has 0 spiro atoms. The van der Waals surface area contributed by atoms with Crippen molar-refractivity contribution >= 4 is 16.6 Å². The fourth-order valence-electron chi connectivity index (χ4n) is 2.44. The Labute approximate surface area is 125 Å². The number of aromatic amines is 1. The first-order valence-corrected chi connectivity index (χ1v) is 7.32. The van der Waals surface area contributed by atoms with Crippen molar-refractivity contribution in [3.8, 4) is 0 Å². The first-order chi connectivity index (χ1) is 10.4. The lowest BCUT2D eigenvalue weighted by Gasteiger charge is -2.12. The molecule has 0 aliphatic carbocycles. The van der Waals surface area contributed by atoms with Gasteiger partial charge in [0.1, 0.15) is 0 Å². The molecule has 0 unspecified atom stereocenters. The number of anilines is 1. The van der Waals surface area contributed by atoms with Crippen LogP contribution in [0.4, 0.5) is 5.69 Å². The second-order valence-corrected chi connectivity index (χ2v) is 5.05. The van der Waals surface area contributed by atoms with Crippen molar-refractivity contribution in [2.24, 2.45) is 0 Å². The summed E-state index contributed by atoms with van der Waals surface area (Å²) in [5.41, 5.74) is 4.78. The average Bonchev–Trinajstić information content (AvgIpc) is 2.99. The molecule has 0 saturated heterocycles. The second-order valence-electron chi connectivity index (χ2n) is 5.05. The summed E-state index contributed by atoms with van der Waals surface area (Å²) in [6.07, 6.45) is 1.97. The number of H-pyrrole nitrogens is 1. The van der Waals surface area contributed by atoms with Gasteiger partial charge in [0, 0.05) is 36.1 Å². The Bertz CT molecular complexity index is 718. The average molecular weight is 280 g/mol. The summed E-state index contributed by atoms with van der Waals surface area (Å²) in [6.45, 7) is 4.21. The molecule has 0 amide bonds. The molecule has 3 aromatic rings. The lowest BCUT2D eigenvalue weighted by atomic mass is 10.1. The number of ether oxygens (including phenoxy) is 1. The van der Waals surface area contributed by atoms with Crippen LogP contribution < -0.4 is 5.32 Å². The van der Waals surface area contributed by atoms with Crippen LogP contribution in [0.5, 0.6) is 0 Å². The Balaban J connectivity index is 1.71. The maximum Gasteiger partial charge on any atom is 0.0736 e. The second kappa shape index (κ2) is 6.46. The minimum atomic E-state index is 0.649. The molecule has 21 heavy (non-hydrogen) atoms. The third kappa shape index (κ3) is 3.26. The number of hydrogen-bond acceptors (Lipinski definition) is 2. The molecule has 0 bridgehead atoms. The van der Waals surface area contributed by atoms with Gasteiger partial charge in [-0.3, -0.25) is 0 Å². The third-order valence-electron chi connectivity index (χ3n) is 3.58. The largest absolute Gasteiger partial charge is 0.381 e. The third-order valence-corrected chi connectivity index (χ3v) is 3.58. The van der Waals surface area contributed by atoms with Gasteiger partial charge in [0.05, 0.1) is 6.61 Å². The molecule has 1 heterocycles. The summed E-state index contributed by atoms with van der Waals surface area (Å²) in [5, 5.41) is 4.75. The lowest BCUT2D eigenvalue weighted by molar-refractivity contribution is 0.134. The standard InChI is InChI=1S/C18H20N2O/c1-2-21-13-16-5-3-4-6-17(16)20-12-14-7-8-18-15(11-14)9-10-19-18/h3-11,19-20H,2,12-13H2,1H3. The van der Waals surface area contributed by atoms with E-state index in [0.29, 0.717) is 6.61 Å². The lowest BCUT2D eigenvalue weighted by Crippen LogP contribution is -2.03. The van der Waals surface area contributed by atoms with Gasteiger partial charge in [-0.1, -0.05) is 24.3 Å². The Morgan fingerprint density at radius 1 is 1.10 bits per heavy atom. The zero-order valence-electron chi connectivity index (χ0n) is 12.2. The normalized spacial score (nSPS) is 10.9. The summed E-state index contributed by atoms with van der Waals surface area (Å²) >= 11 is 0. The van der Waals surface area contributed by atoms with Gasteiger partial charge in [0.25, 0.3) is 0 Å². The number of rotatable bonds is 6.